The Labute approximate surface area is 413 Å². The first kappa shape index (κ1) is 44.2. The second-order valence-electron chi connectivity index (χ2n) is 25.0. The van der Waals surface area contributed by atoms with Crippen LogP contribution in [0.3, 0.4) is 0 Å². The van der Waals surface area contributed by atoms with Crippen LogP contribution in [0.2, 0.25) is 0 Å². The molecule has 7 aromatic rings. The Morgan fingerprint density at radius 1 is 0.420 bits per heavy atom. The van der Waals surface area contributed by atoms with Crippen molar-refractivity contribution in [2.24, 2.45) is 0 Å². The smallest absolute Gasteiger partial charge is 0.252 e. The van der Waals surface area contributed by atoms with E-state index < -0.39 is 0 Å². The van der Waals surface area contributed by atoms with E-state index in [1.165, 1.54) is 121 Å². The first-order valence-electron chi connectivity index (χ1n) is 26.1. The lowest BCUT2D eigenvalue weighted by Gasteiger charge is -2.53. The summed E-state index contributed by atoms with van der Waals surface area (Å²) < 4.78 is 0. The highest BCUT2D eigenvalue weighted by Gasteiger charge is 2.61. The number of benzene rings is 7. The van der Waals surface area contributed by atoms with Crippen molar-refractivity contribution >= 4 is 68.6 Å². The fourth-order valence-electron chi connectivity index (χ4n) is 14.0. The lowest BCUT2D eigenvalue weighted by molar-refractivity contribution is 0.215. The number of anilines is 8. The zero-order chi connectivity index (χ0) is 48.0. The minimum atomic E-state index is -0.219. The minimum Gasteiger partial charge on any atom is -0.334 e. The molecule has 1 saturated carbocycles. The van der Waals surface area contributed by atoms with Crippen LogP contribution in [0, 0.1) is 0 Å². The van der Waals surface area contributed by atoms with E-state index in [1.807, 2.05) is 0 Å². The number of hydrogen-bond donors (Lipinski definition) is 0. The molecule has 0 spiro atoms. The van der Waals surface area contributed by atoms with Crippen molar-refractivity contribution in [3.8, 4) is 0 Å². The molecule has 2 unspecified atom stereocenters. The summed E-state index contributed by atoms with van der Waals surface area (Å²) in [5.41, 5.74) is 22.6. The Morgan fingerprint density at radius 2 is 0.957 bits per heavy atom. The van der Waals surface area contributed by atoms with Crippen molar-refractivity contribution in [3.63, 3.8) is 0 Å². The van der Waals surface area contributed by atoms with Crippen LogP contribution in [-0.4, -0.2) is 12.3 Å². The Hall–Kier alpha value is -6.00. The van der Waals surface area contributed by atoms with Gasteiger partial charge in [0.1, 0.15) is 0 Å². The third-order valence-corrected chi connectivity index (χ3v) is 17.9. The molecule has 5 aliphatic rings. The second kappa shape index (κ2) is 15.0. The molecular weight excluding hydrogens is 834 g/mol. The van der Waals surface area contributed by atoms with Gasteiger partial charge in [0.2, 0.25) is 0 Å². The van der Waals surface area contributed by atoms with Crippen molar-refractivity contribution in [2.75, 3.05) is 14.7 Å². The molecule has 7 aromatic carbocycles. The summed E-state index contributed by atoms with van der Waals surface area (Å²) in [6.07, 6.45) is 6.98. The van der Waals surface area contributed by atoms with Crippen molar-refractivity contribution < 1.29 is 0 Å². The highest BCUT2D eigenvalue weighted by Crippen LogP contribution is 2.64. The van der Waals surface area contributed by atoms with Crippen LogP contribution in [-0.2, 0) is 27.1 Å². The van der Waals surface area contributed by atoms with Gasteiger partial charge >= 0.3 is 0 Å². The van der Waals surface area contributed by atoms with E-state index in [2.05, 4.69) is 243 Å². The van der Waals surface area contributed by atoms with Crippen LogP contribution >= 0.6 is 0 Å². The molecular formula is C65H70BN3. The predicted molar refractivity (Wildman–Crippen MR) is 296 cm³/mol. The average molecular weight is 904 g/mol. The van der Waals surface area contributed by atoms with Crippen molar-refractivity contribution in [1.29, 1.82) is 0 Å². The number of rotatable bonds is 4. The Morgan fingerprint density at radius 3 is 1.61 bits per heavy atom. The zero-order valence-corrected chi connectivity index (χ0v) is 43.1. The fourth-order valence-corrected chi connectivity index (χ4v) is 14.0. The summed E-state index contributed by atoms with van der Waals surface area (Å²) >= 11 is 0. The van der Waals surface area contributed by atoms with Crippen LogP contribution in [0.1, 0.15) is 148 Å². The average Bonchev–Trinajstić information content (AvgIpc) is 3.57. The predicted octanol–water partition coefficient (Wildman–Crippen LogP) is 15.5. The Kier molecular flexibility index (Phi) is 9.62. The molecule has 3 aliphatic heterocycles. The maximum Gasteiger partial charge on any atom is 0.252 e. The topological polar surface area (TPSA) is 9.72 Å². The first-order chi connectivity index (χ1) is 32.8. The summed E-state index contributed by atoms with van der Waals surface area (Å²) in [5.74, 6) is 0. The Bertz CT molecular complexity index is 3170. The SMILES string of the molecule is CC(C)(C)c1ccc(N2c3ccc(C(C)(C)C)cc3B3c4cc5c(cc4N(c4ccccc4)c4cc(N6c7ccccc7C7(c8ccccc8)CCCCC67C)cc2c43)C(C)(C)CCC5(C)C)cc1. The number of fused-ring (bicyclic) bond motifs is 8. The minimum absolute atomic E-state index is 0.0205. The van der Waals surface area contributed by atoms with Crippen molar-refractivity contribution in [3.05, 3.63) is 185 Å². The van der Waals surface area contributed by atoms with Gasteiger partial charge in [-0.3, -0.25) is 0 Å². The molecule has 0 amide bonds. The lowest BCUT2D eigenvalue weighted by atomic mass is 9.33. The van der Waals surface area contributed by atoms with Crippen LogP contribution in [0.25, 0.3) is 0 Å². The van der Waals surface area contributed by atoms with E-state index in [4.69, 9.17) is 0 Å². The van der Waals surface area contributed by atoms with E-state index in [0.717, 1.165) is 12.8 Å². The maximum absolute atomic E-state index is 2.82. The molecule has 348 valence electrons. The van der Waals surface area contributed by atoms with Gasteiger partial charge in [0, 0.05) is 50.9 Å². The molecule has 12 rings (SSSR count). The highest BCUT2D eigenvalue weighted by molar-refractivity contribution is 7.00. The molecule has 1 fully saturated rings. The maximum atomic E-state index is 2.82. The van der Waals surface area contributed by atoms with Crippen LogP contribution in [0.4, 0.5) is 45.5 Å². The van der Waals surface area contributed by atoms with E-state index in [0.29, 0.717) is 0 Å². The van der Waals surface area contributed by atoms with E-state index in [1.54, 1.807) is 0 Å². The van der Waals surface area contributed by atoms with Gasteiger partial charge in [-0.05, 0) is 159 Å². The number of nitrogens with zero attached hydrogens (tertiary/aromatic N) is 3. The molecule has 0 saturated heterocycles. The van der Waals surface area contributed by atoms with Gasteiger partial charge in [0.15, 0.2) is 0 Å². The summed E-state index contributed by atoms with van der Waals surface area (Å²) in [7, 11) is 0. The van der Waals surface area contributed by atoms with E-state index in [-0.39, 0.29) is 39.3 Å². The summed E-state index contributed by atoms with van der Waals surface area (Å²) in [6.45, 7) is 26.6. The third-order valence-electron chi connectivity index (χ3n) is 17.9. The van der Waals surface area contributed by atoms with Gasteiger partial charge in [-0.15, -0.1) is 0 Å². The summed E-state index contributed by atoms with van der Waals surface area (Å²) in [4.78, 5) is 8.13. The third kappa shape index (κ3) is 6.38. The van der Waals surface area contributed by atoms with Gasteiger partial charge in [-0.25, -0.2) is 0 Å². The molecule has 2 atom stereocenters. The molecule has 2 aliphatic carbocycles. The molecule has 4 heteroatoms. The fraction of sp³-hybridized carbons (Fsp3) is 0.354. The van der Waals surface area contributed by atoms with Crippen LogP contribution in [0.5, 0.6) is 0 Å². The molecule has 0 radical (unpaired) electrons. The molecule has 0 aromatic heterocycles. The number of para-hydroxylation sites is 2. The normalized spacial score (nSPS) is 21.7. The van der Waals surface area contributed by atoms with Crippen molar-refractivity contribution in [2.45, 2.75) is 147 Å². The zero-order valence-electron chi connectivity index (χ0n) is 43.1. The monoisotopic (exact) mass is 904 g/mol. The van der Waals surface area contributed by atoms with E-state index in [9.17, 15) is 0 Å². The van der Waals surface area contributed by atoms with Gasteiger partial charge in [0.05, 0.1) is 5.54 Å². The number of hydrogen-bond acceptors (Lipinski definition) is 3. The summed E-state index contributed by atoms with van der Waals surface area (Å²) in [6, 6.07) is 59.8. The quantitative estimate of drug-likeness (QED) is 0.163. The molecule has 3 heterocycles. The van der Waals surface area contributed by atoms with Crippen molar-refractivity contribution in [1.82, 2.24) is 0 Å². The standard InChI is InChI=1S/C65H70BN3/c1-60(2,3)43-28-31-47(32-29-43)67-55-33-30-45(61(4,5)6)38-52(55)66-53-41-50-51(63(9,10)37-36-62(50,7)8)42-56(53)68(46-24-16-13-17-25-46)58-40-48(39-57(67)59(58)66)69-54-27-19-18-26-49(54)65(44-22-14-12-15-23-44)35-21-20-34-64(65,69)11/h12-19,22-33,38-42H,20-21,34-37H2,1-11H3. The molecule has 0 N–H and O–H groups in total. The van der Waals surface area contributed by atoms with Gasteiger partial charge < -0.3 is 14.7 Å². The van der Waals surface area contributed by atoms with Gasteiger partial charge in [-0.2, -0.15) is 0 Å². The van der Waals surface area contributed by atoms with Gasteiger partial charge in [0.25, 0.3) is 6.71 Å². The summed E-state index contributed by atoms with van der Waals surface area (Å²) in [5, 5.41) is 0. The van der Waals surface area contributed by atoms with Gasteiger partial charge in [-0.1, -0.05) is 179 Å². The van der Waals surface area contributed by atoms with Crippen LogP contribution in [0.15, 0.2) is 152 Å². The van der Waals surface area contributed by atoms with Crippen LogP contribution < -0.4 is 31.1 Å². The highest BCUT2D eigenvalue weighted by atomic mass is 15.3. The molecule has 69 heavy (non-hydrogen) atoms. The second-order valence-corrected chi connectivity index (χ2v) is 25.0. The Balaban J connectivity index is 1.22. The molecule has 0 bridgehead atoms. The van der Waals surface area contributed by atoms with E-state index >= 15 is 0 Å². The first-order valence-corrected chi connectivity index (χ1v) is 26.1. The molecule has 3 nitrogen and oxygen atoms in total. The largest absolute Gasteiger partial charge is 0.334 e. The lowest BCUT2D eigenvalue weighted by Crippen LogP contribution is -2.62.